The van der Waals surface area contributed by atoms with Crippen molar-refractivity contribution in [2.24, 2.45) is 0 Å². The number of rotatable bonds is 5. The Morgan fingerprint density at radius 3 is 2.85 bits per heavy atom. The Kier molecular flexibility index (Phi) is 4.08. The predicted molar refractivity (Wildman–Crippen MR) is 74.4 cm³/mol. The third-order valence-electron chi connectivity index (χ3n) is 3.52. The second kappa shape index (κ2) is 6.15. The van der Waals surface area contributed by atoms with Crippen LogP contribution < -0.4 is 5.32 Å². The molecule has 20 heavy (non-hydrogen) atoms. The molecule has 5 heteroatoms. The van der Waals surface area contributed by atoms with E-state index < -0.39 is 0 Å². The Morgan fingerprint density at radius 1 is 1.30 bits per heavy atom. The molecule has 0 bridgehead atoms. The summed E-state index contributed by atoms with van der Waals surface area (Å²) in [7, 11) is 0. The van der Waals surface area contributed by atoms with Crippen molar-refractivity contribution in [2.45, 2.75) is 25.3 Å². The van der Waals surface area contributed by atoms with Gasteiger partial charge in [-0.3, -0.25) is 0 Å². The largest absolute Gasteiger partial charge is 0.423 e. The first kappa shape index (κ1) is 13.3. The molecule has 0 spiro atoms. The highest BCUT2D eigenvalue weighted by molar-refractivity contribution is 5.23. The molecule has 1 aliphatic rings. The fraction of sp³-hybridized carbons (Fsp3) is 0.467. The van der Waals surface area contributed by atoms with Gasteiger partial charge in [-0.25, -0.2) is 0 Å². The first-order valence-corrected chi connectivity index (χ1v) is 7.08. The van der Waals surface area contributed by atoms with Crippen molar-refractivity contribution in [3.05, 3.63) is 47.7 Å². The lowest BCUT2D eigenvalue weighted by molar-refractivity contribution is 0.190. The summed E-state index contributed by atoms with van der Waals surface area (Å²) in [6.45, 7) is 4.36. The fourth-order valence-corrected chi connectivity index (χ4v) is 2.45. The molecule has 0 aliphatic carbocycles. The van der Waals surface area contributed by atoms with E-state index in [2.05, 4.69) is 34.6 Å². The molecule has 2 atom stereocenters. The van der Waals surface area contributed by atoms with Crippen LogP contribution in [0.2, 0.25) is 0 Å². The van der Waals surface area contributed by atoms with Crippen LogP contribution in [-0.4, -0.2) is 30.0 Å². The third-order valence-corrected chi connectivity index (χ3v) is 3.52. The molecule has 5 nitrogen and oxygen atoms in total. The number of nitrogens with one attached hydrogen (secondary N) is 1. The lowest BCUT2D eigenvalue weighted by Gasteiger charge is -2.14. The van der Waals surface area contributed by atoms with E-state index in [1.165, 1.54) is 0 Å². The van der Waals surface area contributed by atoms with E-state index in [0.29, 0.717) is 18.4 Å². The van der Waals surface area contributed by atoms with Crippen LogP contribution in [0.15, 0.2) is 34.7 Å². The van der Waals surface area contributed by atoms with E-state index in [0.717, 1.165) is 25.1 Å². The lowest BCUT2D eigenvalue weighted by Crippen LogP contribution is -2.22. The molecule has 2 heterocycles. The van der Waals surface area contributed by atoms with Gasteiger partial charge in [-0.05, 0) is 18.5 Å². The minimum Gasteiger partial charge on any atom is -0.423 e. The highest BCUT2D eigenvalue weighted by Crippen LogP contribution is 2.27. The highest BCUT2D eigenvalue weighted by atomic mass is 16.5. The number of hydrogen-bond donors (Lipinski definition) is 1. The second-order valence-corrected chi connectivity index (χ2v) is 4.94. The smallest absolute Gasteiger partial charge is 0.237 e. The van der Waals surface area contributed by atoms with Crippen LogP contribution >= 0.6 is 0 Å². The van der Waals surface area contributed by atoms with E-state index in [1.54, 1.807) is 0 Å². The molecule has 0 amide bonds. The highest BCUT2D eigenvalue weighted by Gasteiger charge is 2.26. The van der Waals surface area contributed by atoms with Crippen molar-refractivity contribution in [2.75, 3.05) is 19.8 Å². The zero-order chi connectivity index (χ0) is 13.8. The molecular formula is C15H19N3O2. The lowest BCUT2D eigenvalue weighted by atomic mass is 10.1. The van der Waals surface area contributed by atoms with E-state index >= 15 is 0 Å². The average Bonchev–Trinajstić information content (AvgIpc) is 3.16. The monoisotopic (exact) mass is 273 g/mol. The summed E-state index contributed by atoms with van der Waals surface area (Å²) in [5.74, 6) is 1.56. The molecule has 1 saturated heterocycles. The van der Waals surface area contributed by atoms with Gasteiger partial charge in [0.15, 0.2) is 0 Å². The Morgan fingerprint density at radius 2 is 2.15 bits per heavy atom. The van der Waals surface area contributed by atoms with Gasteiger partial charge in [0, 0.05) is 6.61 Å². The molecule has 0 radical (unpaired) electrons. The molecule has 1 fully saturated rings. The molecule has 0 saturated carbocycles. The Labute approximate surface area is 118 Å². The van der Waals surface area contributed by atoms with Crippen LogP contribution in [0.4, 0.5) is 0 Å². The molecule has 1 aromatic carbocycles. The minimum atomic E-state index is -0.0511. The normalized spacial score (nSPS) is 20.1. The topological polar surface area (TPSA) is 60.2 Å². The van der Waals surface area contributed by atoms with Crippen molar-refractivity contribution >= 4 is 0 Å². The summed E-state index contributed by atoms with van der Waals surface area (Å²) in [6, 6.07) is 10.1. The van der Waals surface area contributed by atoms with Crippen LogP contribution in [0.3, 0.4) is 0 Å². The van der Waals surface area contributed by atoms with E-state index in [1.807, 2.05) is 18.2 Å². The zero-order valence-electron chi connectivity index (χ0n) is 11.6. The summed E-state index contributed by atoms with van der Waals surface area (Å²) in [5, 5.41) is 11.8. The van der Waals surface area contributed by atoms with Crippen molar-refractivity contribution in [1.29, 1.82) is 0 Å². The van der Waals surface area contributed by atoms with Crippen molar-refractivity contribution in [3.63, 3.8) is 0 Å². The van der Waals surface area contributed by atoms with Crippen LogP contribution in [-0.2, 0) is 4.74 Å². The minimum absolute atomic E-state index is 0.0511. The van der Waals surface area contributed by atoms with Crippen LogP contribution in [0.25, 0.3) is 0 Å². The van der Waals surface area contributed by atoms with Gasteiger partial charge in [-0.1, -0.05) is 37.3 Å². The van der Waals surface area contributed by atoms with Crippen molar-refractivity contribution in [1.82, 2.24) is 15.5 Å². The summed E-state index contributed by atoms with van der Waals surface area (Å²) >= 11 is 0. The molecule has 1 aliphatic heterocycles. The van der Waals surface area contributed by atoms with Gasteiger partial charge in [0.2, 0.25) is 11.8 Å². The third kappa shape index (κ3) is 2.73. The van der Waals surface area contributed by atoms with Crippen molar-refractivity contribution < 1.29 is 9.15 Å². The molecule has 1 aromatic heterocycles. The number of hydrogen-bond acceptors (Lipinski definition) is 5. The first-order valence-electron chi connectivity index (χ1n) is 7.08. The van der Waals surface area contributed by atoms with Gasteiger partial charge in [-0.15, -0.1) is 10.2 Å². The maximum Gasteiger partial charge on any atom is 0.237 e. The van der Waals surface area contributed by atoms with Gasteiger partial charge in [0.05, 0.1) is 12.5 Å². The van der Waals surface area contributed by atoms with Crippen LogP contribution in [0.5, 0.6) is 0 Å². The summed E-state index contributed by atoms with van der Waals surface area (Å²) in [5.41, 5.74) is 1.13. The molecule has 3 rings (SSSR count). The number of aromatic nitrogens is 2. The Hall–Kier alpha value is -1.72. The Bertz CT molecular complexity index is 535. The average molecular weight is 273 g/mol. The van der Waals surface area contributed by atoms with Gasteiger partial charge in [-0.2, -0.15) is 0 Å². The van der Waals surface area contributed by atoms with Crippen LogP contribution in [0.1, 0.15) is 42.6 Å². The fourth-order valence-electron chi connectivity index (χ4n) is 2.45. The Balaban J connectivity index is 1.84. The summed E-state index contributed by atoms with van der Waals surface area (Å²) < 4.78 is 11.2. The second-order valence-electron chi connectivity index (χ2n) is 4.94. The SMILES string of the molecule is CCNC(c1ccccc1)c1nnc(C2CCOC2)o1. The number of ether oxygens (including phenoxy) is 1. The van der Waals surface area contributed by atoms with Gasteiger partial charge >= 0.3 is 0 Å². The zero-order valence-corrected chi connectivity index (χ0v) is 11.6. The van der Waals surface area contributed by atoms with E-state index in [4.69, 9.17) is 9.15 Å². The van der Waals surface area contributed by atoms with E-state index in [9.17, 15) is 0 Å². The van der Waals surface area contributed by atoms with E-state index in [-0.39, 0.29) is 12.0 Å². The maximum absolute atomic E-state index is 5.87. The molecule has 2 unspecified atom stereocenters. The number of nitrogens with zero attached hydrogens (tertiary/aromatic N) is 2. The molecular weight excluding hydrogens is 254 g/mol. The first-order chi connectivity index (χ1) is 9.88. The van der Waals surface area contributed by atoms with Gasteiger partial charge in [0.25, 0.3) is 0 Å². The van der Waals surface area contributed by atoms with Crippen molar-refractivity contribution in [3.8, 4) is 0 Å². The molecule has 106 valence electrons. The molecule has 1 N–H and O–H groups in total. The standard InChI is InChI=1S/C15H19N3O2/c1-2-16-13(11-6-4-3-5-7-11)15-18-17-14(20-15)12-8-9-19-10-12/h3-7,12-13,16H,2,8-10H2,1H3. The number of benzene rings is 1. The van der Waals surface area contributed by atoms with Gasteiger partial charge < -0.3 is 14.5 Å². The quantitative estimate of drug-likeness (QED) is 0.905. The van der Waals surface area contributed by atoms with Crippen LogP contribution in [0, 0.1) is 0 Å². The molecule has 2 aromatic rings. The predicted octanol–water partition coefficient (Wildman–Crippen LogP) is 2.27. The summed E-state index contributed by atoms with van der Waals surface area (Å²) in [6.07, 6.45) is 0.957. The maximum atomic E-state index is 5.87. The summed E-state index contributed by atoms with van der Waals surface area (Å²) in [4.78, 5) is 0. The van der Waals surface area contributed by atoms with Gasteiger partial charge in [0.1, 0.15) is 6.04 Å².